The smallest absolute Gasteiger partial charge is 0.255 e. The molecule has 2 aliphatic rings. The molecule has 3 aromatic carbocycles. The maximum Gasteiger partial charge on any atom is 0.255 e. The Balaban J connectivity index is 1.24. The van der Waals surface area contributed by atoms with Crippen LogP contribution in [0.3, 0.4) is 0 Å². The van der Waals surface area contributed by atoms with E-state index in [2.05, 4.69) is 15.5 Å². The number of methoxy groups -OCH3 is 1. The lowest BCUT2D eigenvalue weighted by molar-refractivity contribution is -0.118. The molecule has 2 bridgehead atoms. The summed E-state index contributed by atoms with van der Waals surface area (Å²) in [5.74, 6) is 0.186. The van der Waals surface area contributed by atoms with Crippen molar-refractivity contribution in [3.05, 3.63) is 78.4 Å². The molecular formula is C27H27N3O4. The summed E-state index contributed by atoms with van der Waals surface area (Å²) in [6.07, 6.45) is 1.23. The predicted octanol–water partition coefficient (Wildman–Crippen LogP) is 4.03. The molecule has 2 amide bonds. The van der Waals surface area contributed by atoms with E-state index in [9.17, 15) is 9.59 Å². The van der Waals surface area contributed by atoms with Crippen LogP contribution in [0.15, 0.2) is 72.8 Å². The molecule has 174 valence electrons. The van der Waals surface area contributed by atoms with E-state index in [0.29, 0.717) is 41.9 Å². The average Bonchev–Trinajstić information content (AvgIpc) is 3.48. The Kier molecular flexibility index (Phi) is 6.29. The minimum atomic E-state index is -0.227. The number of rotatable bonds is 7. The molecule has 2 atom stereocenters. The molecule has 0 aliphatic carbocycles. The van der Waals surface area contributed by atoms with Gasteiger partial charge in [0, 0.05) is 23.8 Å². The first-order valence-corrected chi connectivity index (χ1v) is 11.4. The molecular weight excluding hydrogens is 430 g/mol. The van der Waals surface area contributed by atoms with E-state index in [-0.39, 0.29) is 17.9 Å². The number of carbonyl (C=O) groups excluding carboxylic acids is 2. The molecule has 3 aromatic rings. The third kappa shape index (κ3) is 4.81. The van der Waals surface area contributed by atoms with Gasteiger partial charge in [0.1, 0.15) is 5.75 Å². The predicted molar refractivity (Wildman–Crippen MR) is 131 cm³/mol. The van der Waals surface area contributed by atoms with Gasteiger partial charge in [-0.3, -0.25) is 14.5 Å². The van der Waals surface area contributed by atoms with Gasteiger partial charge in [0.2, 0.25) is 5.91 Å². The van der Waals surface area contributed by atoms with Crippen LogP contribution in [0.25, 0.3) is 11.1 Å². The molecule has 7 heteroatoms. The summed E-state index contributed by atoms with van der Waals surface area (Å²) in [5, 5.41) is 5.83. The van der Waals surface area contributed by atoms with Gasteiger partial charge in [0.15, 0.2) is 0 Å². The standard InChI is InChI=1S/C27H27N3O4/c1-33-25-12-11-21(13-24(25)29-26(31)16-30-15-23-14-22(30)17-34-23)28-27(32)20-9-7-19(8-10-20)18-5-3-2-4-6-18/h2-13,22-23H,14-17H2,1H3,(H,28,32)(H,29,31)/t22-,23-/m1/s1. The minimum absolute atomic E-state index is 0.120. The third-order valence-electron chi connectivity index (χ3n) is 6.35. The SMILES string of the molecule is COc1ccc(NC(=O)c2ccc(-c3ccccc3)cc2)cc1NC(=O)CN1C[C@H]2C[C@@H]1CO2. The molecule has 0 saturated carbocycles. The number of carbonyl (C=O) groups is 2. The zero-order valence-electron chi connectivity index (χ0n) is 19.0. The fraction of sp³-hybridized carbons (Fsp3) is 0.259. The summed E-state index contributed by atoms with van der Waals surface area (Å²) >= 11 is 0. The molecule has 2 saturated heterocycles. The second-order valence-corrected chi connectivity index (χ2v) is 8.64. The van der Waals surface area contributed by atoms with Crippen molar-refractivity contribution in [1.29, 1.82) is 0 Å². The number of fused-ring (bicyclic) bond motifs is 2. The molecule has 34 heavy (non-hydrogen) atoms. The van der Waals surface area contributed by atoms with Crippen molar-refractivity contribution >= 4 is 23.2 Å². The van der Waals surface area contributed by atoms with Crippen LogP contribution >= 0.6 is 0 Å². The van der Waals surface area contributed by atoms with Gasteiger partial charge >= 0.3 is 0 Å². The largest absolute Gasteiger partial charge is 0.495 e. The number of anilines is 2. The lowest BCUT2D eigenvalue weighted by Crippen LogP contribution is -2.41. The number of morpholine rings is 1. The summed E-state index contributed by atoms with van der Waals surface area (Å²) in [6.45, 7) is 1.78. The highest BCUT2D eigenvalue weighted by Crippen LogP contribution is 2.30. The fourth-order valence-corrected chi connectivity index (χ4v) is 4.58. The van der Waals surface area contributed by atoms with Gasteiger partial charge in [-0.25, -0.2) is 0 Å². The average molecular weight is 458 g/mol. The first-order chi connectivity index (χ1) is 16.6. The number of benzene rings is 3. The first kappa shape index (κ1) is 22.1. The van der Waals surface area contributed by atoms with E-state index in [0.717, 1.165) is 24.1 Å². The highest BCUT2D eigenvalue weighted by atomic mass is 16.5. The minimum Gasteiger partial charge on any atom is -0.495 e. The van der Waals surface area contributed by atoms with Gasteiger partial charge in [0.25, 0.3) is 5.91 Å². The summed E-state index contributed by atoms with van der Waals surface area (Å²) in [6, 6.07) is 23.0. The Hall–Kier alpha value is -3.68. The Bertz CT molecular complexity index is 1180. The molecule has 0 radical (unpaired) electrons. The van der Waals surface area contributed by atoms with E-state index in [1.54, 1.807) is 37.4 Å². The van der Waals surface area contributed by atoms with E-state index >= 15 is 0 Å². The van der Waals surface area contributed by atoms with Gasteiger partial charge in [-0.15, -0.1) is 0 Å². The number of likely N-dealkylation sites (tertiary alicyclic amines) is 1. The fourth-order valence-electron chi connectivity index (χ4n) is 4.58. The second-order valence-electron chi connectivity index (χ2n) is 8.64. The topological polar surface area (TPSA) is 79.9 Å². The van der Waals surface area contributed by atoms with Gasteiger partial charge in [-0.2, -0.15) is 0 Å². The quantitative estimate of drug-likeness (QED) is 0.560. The summed E-state index contributed by atoms with van der Waals surface area (Å²) < 4.78 is 11.0. The van der Waals surface area contributed by atoms with Crippen molar-refractivity contribution in [3.8, 4) is 16.9 Å². The molecule has 2 N–H and O–H groups in total. The number of ether oxygens (including phenoxy) is 2. The molecule has 0 spiro atoms. The summed E-state index contributed by atoms with van der Waals surface area (Å²) in [7, 11) is 1.55. The lowest BCUT2D eigenvalue weighted by Gasteiger charge is -2.26. The van der Waals surface area contributed by atoms with Gasteiger partial charge in [-0.1, -0.05) is 42.5 Å². The second kappa shape index (κ2) is 9.67. The molecule has 7 nitrogen and oxygen atoms in total. The van der Waals surface area contributed by atoms with Crippen molar-refractivity contribution < 1.29 is 19.1 Å². The molecule has 5 rings (SSSR count). The molecule has 0 unspecified atom stereocenters. The van der Waals surface area contributed by atoms with Gasteiger partial charge in [-0.05, 0) is 47.9 Å². The van der Waals surface area contributed by atoms with Crippen molar-refractivity contribution in [3.63, 3.8) is 0 Å². The first-order valence-electron chi connectivity index (χ1n) is 11.4. The molecule has 2 heterocycles. The van der Waals surface area contributed by atoms with E-state index in [4.69, 9.17) is 9.47 Å². The van der Waals surface area contributed by atoms with Crippen LogP contribution < -0.4 is 15.4 Å². The number of hydrogen-bond donors (Lipinski definition) is 2. The Morgan fingerprint density at radius 2 is 1.76 bits per heavy atom. The van der Waals surface area contributed by atoms with Crippen LogP contribution in [0.5, 0.6) is 5.75 Å². The number of nitrogens with zero attached hydrogens (tertiary/aromatic N) is 1. The molecule has 2 fully saturated rings. The molecule has 2 aliphatic heterocycles. The van der Waals surface area contributed by atoms with Crippen LogP contribution in [0.1, 0.15) is 16.8 Å². The number of nitrogens with one attached hydrogen (secondary N) is 2. The van der Waals surface area contributed by atoms with Crippen LogP contribution in [0, 0.1) is 0 Å². The van der Waals surface area contributed by atoms with Crippen molar-refractivity contribution in [2.45, 2.75) is 18.6 Å². The highest BCUT2D eigenvalue weighted by molar-refractivity contribution is 6.05. The normalized spacial score (nSPS) is 19.1. The van der Waals surface area contributed by atoms with Crippen LogP contribution in [0.2, 0.25) is 0 Å². The van der Waals surface area contributed by atoms with E-state index < -0.39 is 0 Å². The summed E-state index contributed by atoms with van der Waals surface area (Å²) in [5.41, 5.74) is 3.78. The number of amides is 2. The third-order valence-corrected chi connectivity index (χ3v) is 6.35. The Labute approximate surface area is 198 Å². The maximum atomic E-state index is 12.8. The van der Waals surface area contributed by atoms with Gasteiger partial charge < -0.3 is 20.1 Å². The Morgan fingerprint density at radius 3 is 2.44 bits per heavy atom. The van der Waals surface area contributed by atoms with Crippen LogP contribution in [-0.2, 0) is 9.53 Å². The zero-order valence-corrected chi connectivity index (χ0v) is 19.0. The van der Waals surface area contributed by atoms with E-state index in [1.165, 1.54) is 0 Å². The van der Waals surface area contributed by atoms with Gasteiger partial charge in [0.05, 0.1) is 32.1 Å². The van der Waals surface area contributed by atoms with E-state index in [1.807, 2.05) is 42.5 Å². The number of hydrogen-bond acceptors (Lipinski definition) is 5. The molecule has 0 aromatic heterocycles. The lowest BCUT2D eigenvalue weighted by atomic mass is 10.0. The highest BCUT2D eigenvalue weighted by Gasteiger charge is 2.39. The van der Waals surface area contributed by atoms with Crippen molar-refractivity contribution in [2.75, 3.05) is 37.4 Å². The van der Waals surface area contributed by atoms with Crippen LogP contribution in [-0.4, -0.2) is 55.7 Å². The maximum absolute atomic E-state index is 12.8. The van der Waals surface area contributed by atoms with Crippen molar-refractivity contribution in [2.24, 2.45) is 0 Å². The zero-order chi connectivity index (χ0) is 23.5. The Morgan fingerprint density at radius 1 is 1.00 bits per heavy atom. The monoisotopic (exact) mass is 457 g/mol. The van der Waals surface area contributed by atoms with Crippen molar-refractivity contribution in [1.82, 2.24) is 4.90 Å². The summed E-state index contributed by atoms with van der Waals surface area (Å²) in [4.78, 5) is 27.6. The van der Waals surface area contributed by atoms with Crippen LogP contribution in [0.4, 0.5) is 11.4 Å².